The summed E-state index contributed by atoms with van der Waals surface area (Å²) in [7, 11) is 0. The van der Waals surface area contributed by atoms with E-state index < -0.39 is 0 Å². The summed E-state index contributed by atoms with van der Waals surface area (Å²) in [6.07, 6.45) is 4.33. The number of hydrogen-bond donors (Lipinski definition) is 1. The van der Waals surface area contributed by atoms with Gasteiger partial charge in [-0.15, -0.1) is 0 Å². The Kier molecular flexibility index (Phi) is 5.02. The zero-order chi connectivity index (χ0) is 19.9. The van der Waals surface area contributed by atoms with Crippen LogP contribution in [-0.2, 0) is 4.79 Å². The number of carbonyl (C=O) groups is 2. The van der Waals surface area contributed by atoms with Crippen LogP contribution < -0.4 is 10.1 Å². The van der Waals surface area contributed by atoms with E-state index in [1.807, 2.05) is 0 Å². The third-order valence-corrected chi connectivity index (χ3v) is 6.32. The van der Waals surface area contributed by atoms with Gasteiger partial charge in [0.05, 0.1) is 15.1 Å². The van der Waals surface area contributed by atoms with Crippen LogP contribution in [0.1, 0.15) is 36.2 Å². The van der Waals surface area contributed by atoms with Gasteiger partial charge >= 0.3 is 0 Å². The van der Waals surface area contributed by atoms with E-state index in [9.17, 15) is 9.59 Å². The maximum absolute atomic E-state index is 12.4. The lowest BCUT2D eigenvalue weighted by atomic mass is 9.38. The summed E-state index contributed by atoms with van der Waals surface area (Å²) in [5.41, 5.74) is 0.212. The molecule has 5 rings (SSSR count). The summed E-state index contributed by atoms with van der Waals surface area (Å²) in [5, 5.41) is 4.35. The molecule has 28 heavy (non-hydrogen) atoms. The van der Waals surface area contributed by atoms with Crippen LogP contribution in [0.5, 0.6) is 5.75 Å². The smallest absolute Gasteiger partial charge is 0.258 e. The van der Waals surface area contributed by atoms with Gasteiger partial charge in [-0.25, -0.2) is 0 Å². The zero-order valence-electron chi connectivity index (χ0n) is 14.8. The molecule has 3 fully saturated rings. The van der Waals surface area contributed by atoms with E-state index in [2.05, 4.69) is 10.3 Å². The number of rotatable bonds is 7. The molecular weight excluding hydrogens is 423 g/mol. The molecule has 3 aliphatic carbocycles. The number of halogens is 3. The number of nitrogens with one attached hydrogen (secondary N) is 1. The molecule has 3 aliphatic rings. The van der Waals surface area contributed by atoms with E-state index in [1.165, 1.54) is 6.20 Å². The normalized spacial score (nSPS) is 24.7. The fraction of sp³-hybridized carbons (Fsp3) is 0.350. The molecule has 1 N–H and O–H groups in total. The molecule has 2 bridgehead atoms. The average Bonchev–Trinajstić information content (AvgIpc) is 2.60. The Hall–Kier alpha value is -1.82. The lowest BCUT2D eigenvalue weighted by molar-refractivity contribution is -0.164. The monoisotopic (exact) mass is 438 g/mol. The zero-order valence-corrected chi connectivity index (χ0v) is 17.1. The number of Topliss-reactive ketones (excluding diaryl/α,β-unsaturated/α-hetero) is 1. The second-order valence-electron chi connectivity index (χ2n) is 7.69. The third kappa shape index (κ3) is 3.84. The summed E-state index contributed by atoms with van der Waals surface area (Å²) in [6.45, 7) is -0.0969. The molecule has 1 aromatic carbocycles. The Morgan fingerprint density at radius 1 is 1.07 bits per heavy atom. The molecule has 8 heteroatoms. The second-order valence-corrected chi connectivity index (χ2v) is 8.94. The first-order chi connectivity index (χ1) is 13.3. The van der Waals surface area contributed by atoms with Crippen molar-refractivity contribution >= 4 is 46.5 Å². The fourth-order valence-electron chi connectivity index (χ4n) is 4.34. The third-order valence-electron chi connectivity index (χ3n) is 5.35. The predicted molar refractivity (Wildman–Crippen MR) is 107 cm³/mol. The van der Waals surface area contributed by atoms with Gasteiger partial charge in [0.15, 0.2) is 12.4 Å². The topological polar surface area (TPSA) is 68.3 Å². The van der Waals surface area contributed by atoms with Crippen molar-refractivity contribution in [2.75, 3.05) is 6.61 Å². The Morgan fingerprint density at radius 3 is 2.46 bits per heavy atom. The molecule has 5 nitrogen and oxygen atoms in total. The van der Waals surface area contributed by atoms with Crippen LogP contribution in [0.25, 0.3) is 0 Å². The minimum absolute atomic E-state index is 0.0132. The Bertz CT molecular complexity index is 926. The molecule has 2 aromatic rings. The average molecular weight is 440 g/mol. The number of benzene rings is 1. The molecule has 1 amide bonds. The van der Waals surface area contributed by atoms with Crippen molar-refractivity contribution in [2.24, 2.45) is 5.41 Å². The molecular formula is C20H17Cl3N2O3. The summed E-state index contributed by atoms with van der Waals surface area (Å²) >= 11 is 17.6. The highest BCUT2D eigenvalue weighted by Crippen LogP contribution is 2.69. The highest BCUT2D eigenvalue weighted by Gasteiger charge is 2.68. The van der Waals surface area contributed by atoms with Crippen molar-refractivity contribution in [3.63, 3.8) is 0 Å². The molecule has 0 unspecified atom stereocenters. The summed E-state index contributed by atoms with van der Waals surface area (Å²) < 4.78 is 5.46. The SMILES string of the molecule is O=C(COc1ccc(Cl)c(Cl)c1)NC12CC(CC(=O)c3ccc(Cl)cn3)(C1)C2. The fourth-order valence-corrected chi connectivity index (χ4v) is 4.74. The van der Waals surface area contributed by atoms with E-state index in [0.717, 1.165) is 19.3 Å². The van der Waals surface area contributed by atoms with E-state index in [1.54, 1.807) is 30.3 Å². The lowest BCUT2D eigenvalue weighted by Crippen LogP contribution is -2.75. The molecule has 0 saturated heterocycles. The van der Waals surface area contributed by atoms with Crippen LogP contribution in [0.4, 0.5) is 0 Å². The molecule has 1 heterocycles. The van der Waals surface area contributed by atoms with Gasteiger partial charge in [-0.1, -0.05) is 34.8 Å². The number of hydrogen-bond acceptors (Lipinski definition) is 4. The van der Waals surface area contributed by atoms with Crippen LogP contribution in [-0.4, -0.2) is 28.8 Å². The van der Waals surface area contributed by atoms with Crippen LogP contribution in [0.2, 0.25) is 15.1 Å². The Labute approximate surface area is 177 Å². The molecule has 1 aromatic heterocycles. The maximum atomic E-state index is 12.4. The second kappa shape index (κ2) is 7.21. The molecule has 0 radical (unpaired) electrons. The van der Waals surface area contributed by atoms with Crippen LogP contribution in [0, 0.1) is 5.41 Å². The predicted octanol–water partition coefficient (Wildman–Crippen LogP) is 4.73. The van der Waals surface area contributed by atoms with Gasteiger partial charge < -0.3 is 10.1 Å². The van der Waals surface area contributed by atoms with Gasteiger partial charge in [0, 0.05) is 24.2 Å². The first kappa shape index (κ1) is 19.5. The number of amides is 1. The van der Waals surface area contributed by atoms with Gasteiger partial charge in [-0.2, -0.15) is 0 Å². The van der Waals surface area contributed by atoms with E-state index in [-0.39, 0.29) is 29.3 Å². The minimum atomic E-state index is -0.203. The first-order valence-corrected chi connectivity index (χ1v) is 9.95. The highest BCUT2D eigenvalue weighted by atomic mass is 35.5. The number of nitrogens with zero attached hydrogens (tertiary/aromatic N) is 1. The number of ether oxygens (including phenoxy) is 1. The standard InChI is InChI=1S/C20H17Cl3N2O3/c21-12-1-4-16(24-7-12)17(26)6-19-9-20(10-19,11-19)25-18(27)8-28-13-2-3-14(22)15(23)5-13/h1-5,7H,6,8-11H2,(H,25,27). The Balaban J connectivity index is 1.24. The lowest BCUT2D eigenvalue weighted by Gasteiger charge is -2.70. The van der Waals surface area contributed by atoms with Crippen molar-refractivity contribution < 1.29 is 14.3 Å². The van der Waals surface area contributed by atoms with Crippen molar-refractivity contribution in [3.8, 4) is 5.75 Å². The van der Waals surface area contributed by atoms with Crippen LogP contribution in [0.3, 0.4) is 0 Å². The first-order valence-electron chi connectivity index (χ1n) is 8.82. The van der Waals surface area contributed by atoms with Crippen LogP contribution >= 0.6 is 34.8 Å². The number of ketones is 1. The maximum Gasteiger partial charge on any atom is 0.258 e. The number of pyridine rings is 1. The quantitative estimate of drug-likeness (QED) is 0.633. The highest BCUT2D eigenvalue weighted by molar-refractivity contribution is 6.42. The Morgan fingerprint density at radius 2 is 1.82 bits per heavy atom. The van der Waals surface area contributed by atoms with Gasteiger partial charge in [0.1, 0.15) is 11.4 Å². The summed E-state index contributed by atoms with van der Waals surface area (Å²) in [6, 6.07) is 8.17. The van der Waals surface area contributed by atoms with Gasteiger partial charge in [0.2, 0.25) is 0 Å². The number of aromatic nitrogens is 1. The van der Waals surface area contributed by atoms with E-state index in [0.29, 0.717) is 32.9 Å². The molecule has 0 atom stereocenters. The number of carbonyl (C=O) groups excluding carboxylic acids is 2. The van der Waals surface area contributed by atoms with Crippen LogP contribution in [0.15, 0.2) is 36.5 Å². The van der Waals surface area contributed by atoms with Crippen molar-refractivity contribution in [1.82, 2.24) is 10.3 Å². The molecule has 146 valence electrons. The van der Waals surface area contributed by atoms with E-state index >= 15 is 0 Å². The van der Waals surface area contributed by atoms with Gasteiger partial charge in [-0.05, 0) is 48.9 Å². The summed E-state index contributed by atoms with van der Waals surface area (Å²) in [5.74, 6) is 0.309. The minimum Gasteiger partial charge on any atom is -0.484 e. The van der Waals surface area contributed by atoms with Gasteiger partial charge in [-0.3, -0.25) is 14.6 Å². The van der Waals surface area contributed by atoms with E-state index in [4.69, 9.17) is 39.5 Å². The molecule has 0 spiro atoms. The van der Waals surface area contributed by atoms with Gasteiger partial charge in [0.25, 0.3) is 5.91 Å². The van der Waals surface area contributed by atoms with Crippen molar-refractivity contribution in [1.29, 1.82) is 0 Å². The van der Waals surface area contributed by atoms with Crippen molar-refractivity contribution in [3.05, 3.63) is 57.3 Å². The molecule has 3 saturated carbocycles. The largest absolute Gasteiger partial charge is 0.484 e. The van der Waals surface area contributed by atoms with Crippen molar-refractivity contribution in [2.45, 2.75) is 31.2 Å². The summed E-state index contributed by atoms with van der Waals surface area (Å²) in [4.78, 5) is 28.7. The molecule has 0 aliphatic heterocycles.